The first-order valence-corrected chi connectivity index (χ1v) is 14.4. The Morgan fingerprint density at radius 1 is 1.10 bits per heavy atom. The lowest BCUT2D eigenvalue weighted by molar-refractivity contribution is -0.138. The molecular formula is C32H29ClN2O5S. The van der Waals surface area contributed by atoms with Crippen molar-refractivity contribution in [2.45, 2.75) is 32.9 Å². The van der Waals surface area contributed by atoms with E-state index in [1.807, 2.05) is 74.5 Å². The van der Waals surface area contributed by atoms with Crippen molar-refractivity contribution in [2.24, 2.45) is 4.99 Å². The summed E-state index contributed by atoms with van der Waals surface area (Å²) in [6, 6.07) is 21.4. The molecule has 1 aliphatic heterocycles. The van der Waals surface area contributed by atoms with Crippen molar-refractivity contribution in [3.63, 3.8) is 0 Å². The van der Waals surface area contributed by atoms with E-state index in [0.717, 1.165) is 16.7 Å². The van der Waals surface area contributed by atoms with Crippen LogP contribution in [0.1, 0.15) is 43.5 Å². The van der Waals surface area contributed by atoms with Crippen molar-refractivity contribution in [1.29, 1.82) is 0 Å². The average Bonchev–Trinajstić information content (AvgIpc) is 3.27. The number of rotatable bonds is 8. The quantitative estimate of drug-likeness (QED) is 0.258. The van der Waals surface area contributed by atoms with Gasteiger partial charge >= 0.3 is 5.97 Å². The monoisotopic (exact) mass is 588 g/mol. The van der Waals surface area contributed by atoms with Crippen molar-refractivity contribution in [3.05, 3.63) is 120 Å². The van der Waals surface area contributed by atoms with E-state index in [1.54, 1.807) is 36.8 Å². The normalized spacial score (nSPS) is 15.0. The lowest BCUT2D eigenvalue weighted by atomic mass is 9.93. The van der Waals surface area contributed by atoms with E-state index < -0.39 is 12.0 Å². The van der Waals surface area contributed by atoms with E-state index in [2.05, 4.69) is 0 Å². The fraction of sp³-hybridized carbons (Fsp3) is 0.219. The van der Waals surface area contributed by atoms with Crippen molar-refractivity contribution in [3.8, 4) is 11.5 Å². The minimum absolute atomic E-state index is 0.00431. The second kappa shape index (κ2) is 12.2. The highest BCUT2D eigenvalue weighted by atomic mass is 35.5. The molecule has 0 fully saturated rings. The highest BCUT2D eigenvalue weighted by molar-refractivity contribution is 7.07. The number of hydrogen-bond donors (Lipinski definition) is 0. The lowest BCUT2D eigenvalue weighted by Crippen LogP contribution is -2.40. The van der Waals surface area contributed by atoms with Crippen LogP contribution in [-0.2, 0) is 9.53 Å². The molecule has 2 heterocycles. The molecule has 1 atom stereocenters. The Morgan fingerprint density at radius 3 is 2.46 bits per heavy atom. The number of carbonyl (C=O) groups is 1. The molecule has 0 N–H and O–H groups in total. The van der Waals surface area contributed by atoms with Gasteiger partial charge < -0.3 is 14.2 Å². The predicted molar refractivity (Wildman–Crippen MR) is 161 cm³/mol. The molecule has 0 unspecified atom stereocenters. The van der Waals surface area contributed by atoms with Gasteiger partial charge in [-0.2, -0.15) is 0 Å². The summed E-state index contributed by atoms with van der Waals surface area (Å²) in [5.74, 6) is 0.707. The SMILES string of the molecule is CCOC(=O)C1=C(c2ccccc2)N=c2s/c(=C\c3ccc(OC)c(Cl)c3)c(=O)n2[C@@H]1c1ccc(OC(C)C)cc1. The first-order chi connectivity index (χ1) is 19.8. The maximum absolute atomic E-state index is 14.0. The number of ether oxygens (including phenoxy) is 3. The zero-order valence-electron chi connectivity index (χ0n) is 23.1. The third-order valence-electron chi connectivity index (χ3n) is 6.41. The van der Waals surface area contributed by atoms with Crippen LogP contribution in [0.5, 0.6) is 11.5 Å². The van der Waals surface area contributed by atoms with E-state index in [-0.39, 0.29) is 18.3 Å². The Kier molecular flexibility index (Phi) is 8.42. The van der Waals surface area contributed by atoms with Gasteiger partial charge in [-0.3, -0.25) is 9.36 Å². The third-order valence-corrected chi connectivity index (χ3v) is 7.69. The number of nitrogens with zero attached hydrogens (tertiary/aromatic N) is 2. The van der Waals surface area contributed by atoms with Crippen LogP contribution in [0.25, 0.3) is 11.8 Å². The highest BCUT2D eigenvalue weighted by Gasteiger charge is 2.35. The molecule has 0 spiro atoms. The summed E-state index contributed by atoms with van der Waals surface area (Å²) >= 11 is 7.59. The Hall–Kier alpha value is -4.14. The van der Waals surface area contributed by atoms with Gasteiger partial charge in [-0.15, -0.1) is 0 Å². The third kappa shape index (κ3) is 5.85. The fourth-order valence-corrected chi connectivity index (χ4v) is 5.95. The molecule has 1 aromatic heterocycles. The molecular weight excluding hydrogens is 560 g/mol. The zero-order chi connectivity index (χ0) is 29.1. The van der Waals surface area contributed by atoms with Gasteiger partial charge in [-0.05, 0) is 62.2 Å². The summed E-state index contributed by atoms with van der Waals surface area (Å²) in [7, 11) is 1.55. The molecule has 0 aliphatic carbocycles. The topological polar surface area (TPSA) is 79.1 Å². The van der Waals surface area contributed by atoms with Crippen LogP contribution in [0.2, 0.25) is 5.02 Å². The minimum Gasteiger partial charge on any atom is -0.495 e. The molecule has 0 amide bonds. The van der Waals surface area contributed by atoms with Gasteiger partial charge in [-0.1, -0.05) is 71.5 Å². The summed E-state index contributed by atoms with van der Waals surface area (Å²) in [6.45, 7) is 5.84. The van der Waals surface area contributed by atoms with Crippen LogP contribution in [0.15, 0.2) is 88.2 Å². The van der Waals surface area contributed by atoms with Crippen LogP contribution < -0.4 is 24.4 Å². The first-order valence-electron chi connectivity index (χ1n) is 13.2. The van der Waals surface area contributed by atoms with Crippen LogP contribution in [0, 0.1) is 0 Å². The summed E-state index contributed by atoms with van der Waals surface area (Å²) in [6.07, 6.45) is 1.77. The predicted octanol–water partition coefficient (Wildman–Crippen LogP) is 5.38. The number of fused-ring (bicyclic) bond motifs is 1. The largest absolute Gasteiger partial charge is 0.495 e. The van der Waals surface area contributed by atoms with Gasteiger partial charge in [0, 0.05) is 5.56 Å². The van der Waals surface area contributed by atoms with Crippen LogP contribution in [0.4, 0.5) is 0 Å². The van der Waals surface area contributed by atoms with Crippen LogP contribution in [-0.4, -0.2) is 30.4 Å². The molecule has 7 nitrogen and oxygen atoms in total. The molecule has 0 bridgehead atoms. The molecule has 0 saturated heterocycles. The Bertz CT molecular complexity index is 1790. The average molecular weight is 589 g/mol. The Balaban J connectivity index is 1.77. The Labute approximate surface area is 246 Å². The fourth-order valence-electron chi connectivity index (χ4n) is 4.68. The number of hydrogen-bond acceptors (Lipinski definition) is 7. The van der Waals surface area contributed by atoms with Gasteiger partial charge in [0.05, 0.1) is 46.7 Å². The van der Waals surface area contributed by atoms with E-state index in [4.69, 9.17) is 30.8 Å². The first kappa shape index (κ1) is 28.4. The maximum Gasteiger partial charge on any atom is 0.338 e. The smallest absolute Gasteiger partial charge is 0.338 e. The van der Waals surface area contributed by atoms with Gasteiger partial charge in [0.25, 0.3) is 5.56 Å². The number of benzene rings is 3. The van der Waals surface area contributed by atoms with Crippen molar-refractivity contribution < 1.29 is 19.0 Å². The van der Waals surface area contributed by atoms with Gasteiger partial charge in [0.15, 0.2) is 4.80 Å². The lowest BCUT2D eigenvalue weighted by Gasteiger charge is -2.26. The molecule has 9 heteroatoms. The summed E-state index contributed by atoms with van der Waals surface area (Å²) in [5, 5.41) is 0.437. The second-order valence-corrected chi connectivity index (χ2v) is 11.0. The number of halogens is 1. The van der Waals surface area contributed by atoms with Crippen LogP contribution >= 0.6 is 22.9 Å². The molecule has 1 aliphatic rings. The van der Waals surface area contributed by atoms with Gasteiger partial charge in [-0.25, -0.2) is 9.79 Å². The standard InChI is InChI=1S/C32H29ClN2O5S/c1-5-39-31(37)27-28(21-9-7-6-8-10-21)34-32-35(29(27)22-12-14-23(15-13-22)40-19(2)3)30(36)26(41-32)18-20-11-16-25(38-4)24(33)17-20/h6-19,29H,5H2,1-4H3/b26-18-/t29-/m1/s1. The molecule has 5 rings (SSSR count). The van der Waals surface area contributed by atoms with Gasteiger partial charge in [0.1, 0.15) is 11.5 Å². The molecule has 41 heavy (non-hydrogen) atoms. The van der Waals surface area contributed by atoms with E-state index in [9.17, 15) is 9.59 Å². The van der Waals surface area contributed by atoms with E-state index >= 15 is 0 Å². The number of aromatic nitrogens is 1. The number of methoxy groups -OCH3 is 1. The van der Waals surface area contributed by atoms with Crippen molar-refractivity contribution in [1.82, 2.24) is 4.57 Å². The van der Waals surface area contributed by atoms with Crippen molar-refractivity contribution in [2.75, 3.05) is 13.7 Å². The minimum atomic E-state index is -0.768. The number of esters is 1. The van der Waals surface area contributed by atoms with E-state index in [0.29, 0.717) is 37.1 Å². The molecule has 0 radical (unpaired) electrons. The zero-order valence-corrected chi connectivity index (χ0v) is 24.7. The van der Waals surface area contributed by atoms with Gasteiger partial charge in [0.2, 0.25) is 0 Å². The number of carbonyl (C=O) groups excluding carboxylic acids is 1. The van der Waals surface area contributed by atoms with Crippen molar-refractivity contribution >= 4 is 40.7 Å². The Morgan fingerprint density at radius 2 is 1.83 bits per heavy atom. The molecule has 0 saturated carbocycles. The summed E-state index contributed by atoms with van der Waals surface area (Å²) in [5.41, 5.74) is 2.70. The molecule has 210 valence electrons. The summed E-state index contributed by atoms with van der Waals surface area (Å²) in [4.78, 5) is 32.9. The summed E-state index contributed by atoms with van der Waals surface area (Å²) < 4.78 is 18.6. The van der Waals surface area contributed by atoms with E-state index in [1.165, 1.54) is 11.3 Å². The number of thiazole rings is 1. The maximum atomic E-state index is 14.0. The highest BCUT2D eigenvalue weighted by Crippen LogP contribution is 2.36. The molecule has 4 aromatic rings. The molecule has 3 aromatic carbocycles. The van der Waals surface area contributed by atoms with Crippen LogP contribution in [0.3, 0.4) is 0 Å². The second-order valence-electron chi connectivity index (χ2n) is 9.56.